The lowest BCUT2D eigenvalue weighted by Gasteiger charge is -2.16. The average molecular weight is 317 g/mol. The van der Waals surface area contributed by atoms with Gasteiger partial charge in [-0.3, -0.25) is 4.21 Å². The molecular formula is C14H18ClFN2OS. The minimum Gasteiger partial charge on any atom is -0.324 e. The number of rotatable bonds is 5. The van der Waals surface area contributed by atoms with Gasteiger partial charge in [0.25, 0.3) is 0 Å². The Labute approximate surface area is 125 Å². The molecule has 0 aliphatic carbocycles. The van der Waals surface area contributed by atoms with E-state index in [-0.39, 0.29) is 17.7 Å². The molecule has 2 unspecified atom stereocenters. The number of halogens is 2. The second-order valence-corrected chi connectivity index (χ2v) is 6.86. The van der Waals surface area contributed by atoms with Crippen LogP contribution in [0.15, 0.2) is 12.1 Å². The Kier molecular flexibility index (Phi) is 4.81. The van der Waals surface area contributed by atoms with Crippen molar-refractivity contribution in [2.24, 2.45) is 0 Å². The first-order valence-corrected chi connectivity index (χ1v) is 8.73. The molecular weight excluding hydrogens is 299 g/mol. The molecule has 1 aromatic heterocycles. The summed E-state index contributed by atoms with van der Waals surface area (Å²) >= 11 is 5.95. The summed E-state index contributed by atoms with van der Waals surface area (Å²) in [4.78, 5) is 4.40. The third-order valence-electron chi connectivity index (χ3n) is 3.43. The second-order valence-electron chi connectivity index (χ2n) is 5.04. The number of aromatic nitrogens is 2. The van der Waals surface area contributed by atoms with Crippen LogP contribution < -0.4 is 0 Å². The standard InChI is InChI=1S/C14H18ClFN2OS/c1-9-6-13-12(7-11(9)16)17-14(8-15)18(13)10(2)4-5-20(3)19/h6-7,10H,4-5,8H2,1-3H3. The summed E-state index contributed by atoms with van der Waals surface area (Å²) in [6.07, 6.45) is 2.47. The summed E-state index contributed by atoms with van der Waals surface area (Å²) in [5.74, 6) is 1.36. The van der Waals surface area contributed by atoms with Crippen LogP contribution in [-0.4, -0.2) is 25.8 Å². The van der Waals surface area contributed by atoms with Crippen molar-refractivity contribution < 1.29 is 8.60 Å². The Morgan fingerprint density at radius 3 is 2.80 bits per heavy atom. The molecule has 1 aromatic carbocycles. The molecule has 0 saturated heterocycles. The molecule has 20 heavy (non-hydrogen) atoms. The van der Waals surface area contributed by atoms with Gasteiger partial charge in [0, 0.05) is 34.9 Å². The smallest absolute Gasteiger partial charge is 0.128 e. The Morgan fingerprint density at radius 2 is 2.20 bits per heavy atom. The summed E-state index contributed by atoms with van der Waals surface area (Å²) in [6, 6.07) is 3.37. The fourth-order valence-corrected chi connectivity index (χ4v) is 3.18. The monoisotopic (exact) mass is 316 g/mol. The normalized spacial score (nSPS) is 14.7. The lowest BCUT2D eigenvalue weighted by atomic mass is 10.2. The molecule has 3 nitrogen and oxygen atoms in total. The minimum atomic E-state index is -0.825. The van der Waals surface area contributed by atoms with Crippen molar-refractivity contribution >= 4 is 33.4 Å². The highest BCUT2D eigenvalue weighted by Gasteiger charge is 2.17. The van der Waals surface area contributed by atoms with Gasteiger partial charge in [0.1, 0.15) is 11.6 Å². The van der Waals surface area contributed by atoms with Gasteiger partial charge in [0.15, 0.2) is 0 Å². The number of imidazole rings is 1. The number of hydrogen-bond donors (Lipinski definition) is 0. The van der Waals surface area contributed by atoms with E-state index >= 15 is 0 Å². The number of hydrogen-bond acceptors (Lipinski definition) is 2. The summed E-state index contributed by atoms with van der Waals surface area (Å²) in [6.45, 7) is 3.78. The summed E-state index contributed by atoms with van der Waals surface area (Å²) in [5.41, 5.74) is 2.09. The average Bonchev–Trinajstić information content (AvgIpc) is 2.74. The quantitative estimate of drug-likeness (QED) is 0.791. The lowest BCUT2D eigenvalue weighted by molar-refractivity contribution is 0.530. The molecule has 0 bridgehead atoms. The molecule has 2 aromatic rings. The first kappa shape index (κ1) is 15.4. The fraction of sp³-hybridized carbons (Fsp3) is 0.500. The van der Waals surface area contributed by atoms with E-state index in [1.165, 1.54) is 6.07 Å². The Morgan fingerprint density at radius 1 is 1.50 bits per heavy atom. The fourth-order valence-electron chi connectivity index (χ4n) is 2.32. The zero-order chi connectivity index (χ0) is 14.9. The molecule has 0 amide bonds. The second kappa shape index (κ2) is 6.22. The Bertz CT molecular complexity index is 656. The molecule has 0 radical (unpaired) electrons. The number of alkyl halides is 1. The molecule has 1 heterocycles. The first-order chi connectivity index (χ1) is 9.43. The van der Waals surface area contributed by atoms with Gasteiger partial charge in [-0.2, -0.15) is 0 Å². The molecule has 0 spiro atoms. The number of aryl methyl sites for hydroxylation is 1. The van der Waals surface area contributed by atoms with E-state index in [9.17, 15) is 8.60 Å². The van der Waals surface area contributed by atoms with Gasteiger partial charge in [0.2, 0.25) is 0 Å². The highest BCUT2D eigenvalue weighted by molar-refractivity contribution is 7.84. The van der Waals surface area contributed by atoms with Gasteiger partial charge in [-0.25, -0.2) is 9.37 Å². The highest BCUT2D eigenvalue weighted by atomic mass is 35.5. The van der Waals surface area contributed by atoms with Gasteiger partial charge in [0.05, 0.1) is 16.9 Å². The van der Waals surface area contributed by atoms with E-state index < -0.39 is 10.8 Å². The van der Waals surface area contributed by atoms with Crippen LogP contribution in [0.4, 0.5) is 4.39 Å². The molecule has 0 saturated carbocycles. The molecule has 0 aliphatic rings. The molecule has 0 aliphatic heterocycles. The van der Waals surface area contributed by atoms with Crippen LogP contribution in [-0.2, 0) is 16.7 Å². The van der Waals surface area contributed by atoms with Crippen molar-refractivity contribution in [2.45, 2.75) is 32.2 Å². The van der Waals surface area contributed by atoms with Crippen molar-refractivity contribution in [1.29, 1.82) is 0 Å². The van der Waals surface area contributed by atoms with Crippen molar-refractivity contribution in [3.63, 3.8) is 0 Å². The van der Waals surface area contributed by atoms with Crippen LogP contribution >= 0.6 is 11.6 Å². The minimum absolute atomic E-state index is 0.127. The van der Waals surface area contributed by atoms with Crippen LogP contribution in [0.5, 0.6) is 0 Å². The van der Waals surface area contributed by atoms with Crippen molar-refractivity contribution in [3.8, 4) is 0 Å². The predicted molar refractivity (Wildman–Crippen MR) is 82.2 cm³/mol. The number of fused-ring (bicyclic) bond motifs is 1. The Balaban J connectivity index is 2.49. The van der Waals surface area contributed by atoms with Crippen LogP contribution in [0.1, 0.15) is 30.8 Å². The molecule has 0 fully saturated rings. The molecule has 2 rings (SSSR count). The summed E-state index contributed by atoms with van der Waals surface area (Å²) in [7, 11) is -0.825. The van der Waals surface area contributed by atoms with Gasteiger partial charge < -0.3 is 4.57 Å². The van der Waals surface area contributed by atoms with Crippen LogP contribution in [0.2, 0.25) is 0 Å². The van der Waals surface area contributed by atoms with Crippen LogP contribution in [0.3, 0.4) is 0 Å². The zero-order valence-electron chi connectivity index (χ0n) is 11.8. The van der Waals surface area contributed by atoms with Crippen LogP contribution in [0.25, 0.3) is 11.0 Å². The predicted octanol–water partition coefficient (Wildman–Crippen LogP) is 3.55. The SMILES string of the molecule is Cc1cc2c(cc1F)nc(CCl)n2C(C)CCS(C)=O. The van der Waals surface area contributed by atoms with E-state index in [0.717, 1.165) is 17.8 Å². The highest BCUT2D eigenvalue weighted by Crippen LogP contribution is 2.26. The van der Waals surface area contributed by atoms with E-state index in [2.05, 4.69) is 4.98 Å². The van der Waals surface area contributed by atoms with Crippen LogP contribution in [0, 0.1) is 12.7 Å². The maximum Gasteiger partial charge on any atom is 0.128 e. The maximum absolute atomic E-state index is 13.6. The number of nitrogens with zero attached hydrogens (tertiary/aromatic N) is 2. The van der Waals surface area contributed by atoms with Gasteiger partial charge in [-0.05, 0) is 31.9 Å². The summed E-state index contributed by atoms with van der Waals surface area (Å²) < 4.78 is 26.9. The molecule has 0 N–H and O–H groups in total. The molecule has 110 valence electrons. The topological polar surface area (TPSA) is 34.9 Å². The van der Waals surface area contributed by atoms with Gasteiger partial charge in [-0.1, -0.05) is 0 Å². The van der Waals surface area contributed by atoms with E-state index in [1.54, 1.807) is 19.2 Å². The third-order valence-corrected chi connectivity index (χ3v) is 4.48. The lowest BCUT2D eigenvalue weighted by Crippen LogP contribution is -2.11. The zero-order valence-corrected chi connectivity index (χ0v) is 13.4. The molecule has 2 atom stereocenters. The van der Waals surface area contributed by atoms with E-state index in [4.69, 9.17) is 11.6 Å². The number of benzene rings is 1. The largest absolute Gasteiger partial charge is 0.324 e. The first-order valence-electron chi connectivity index (χ1n) is 6.47. The van der Waals surface area contributed by atoms with E-state index in [0.29, 0.717) is 16.8 Å². The summed E-state index contributed by atoms with van der Waals surface area (Å²) in [5, 5.41) is 0. The Hall–Kier alpha value is -0.940. The van der Waals surface area contributed by atoms with Gasteiger partial charge >= 0.3 is 0 Å². The van der Waals surface area contributed by atoms with E-state index in [1.807, 2.05) is 11.5 Å². The van der Waals surface area contributed by atoms with Gasteiger partial charge in [-0.15, -0.1) is 11.6 Å². The third kappa shape index (κ3) is 3.04. The maximum atomic E-state index is 13.6. The molecule has 6 heteroatoms. The van der Waals surface area contributed by atoms with Crippen molar-refractivity contribution in [3.05, 3.63) is 29.3 Å². The van der Waals surface area contributed by atoms with Crippen molar-refractivity contribution in [2.75, 3.05) is 12.0 Å². The van der Waals surface area contributed by atoms with Crippen molar-refractivity contribution in [1.82, 2.24) is 9.55 Å².